The summed E-state index contributed by atoms with van der Waals surface area (Å²) in [6.07, 6.45) is 3.78. The Bertz CT molecular complexity index is 780. The molecule has 0 radical (unpaired) electrons. The fourth-order valence-corrected chi connectivity index (χ4v) is 4.83. The van der Waals surface area contributed by atoms with Gasteiger partial charge in [-0.3, -0.25) is 4.79 Å². The van der Waals surface area contributed by atoms with Crippen molar-refractivity contribution in [2.75, 3.05) is 7.05 Å². The third-order valence-electron chi connectivity index (χ3n) is 6.39. The molecule has 0 spiro atoms. The Hall–Kier alpha value is -1.81. The van der Waals surface area contributed by atoms with Crippen molar-refractivity contribution in [2.45, 2.75) is 51.7 Å². The summed E-state index contributed by atoms with van der Waals surface area (Å²) < 4.78 is 0. The number of aromatic amines is 1. The fraction of sp³-hybridized carbons (Fsp3) is 0.550. The molecule has 2 unspecified atom stereocenters. The van der Waals surface area contributed by atoms with Gasteiger partial charge in [-0.15, -0.1) is 0 Å². The molecular formula is C20H26N2O2. The Balaban J connectivity index is 1.54. The first kappa shape index (κ1) is 15.7. The van der Waals surface area contributed by atoms with Crippen LogP contribution in [0.3, 0.4) is 0 Å². The van der Waals surface area contributed by atoms with Gasteiger partial charge in [0.05, 0.1) is 6.10 Å². The number of hydrogen-bond donors (Lipinski definition) is 2. The summed E-state index contributed by atoms with van der Waals surface area (Å²) in [5.41, 5.74) is 4.23. The number of aryl methyl sites for hydroxylation is 2. The van der Waals surface area contributed by atoms with Gasteiger partial charge in [-0.05, 0) is 75.1 Å². The molecule has 2 saturated carbocycles. The second-order valence-electron chi connectivity index (χ2n) is 7.82. The molecule has 2 aromatic rings. The highest BCUT2D eigenvalue weighted by Gasteiger charge is 2.43. The van der Waals surface area contributed by atoms with Gasteiger partial charge in [0, 0.05) is 35.2 Å². The smallest absolute Gasteiger partial charge is 0.253 e. The molecule has 2 fully saturated rings. The zero-order valence-electron chi connectivity index (χ0n) is 14.7. The Morgan fingerprint density at radius 3 is 2.50 bits per heavy atom. The van der Waals surface area contributed by atoms with Crippen molar-refractivity contribution in [1.82, 2.24) is 9.88 Å². The van der Waals surface area contributed by atoms with Crippen molar-refractivity contribution >= 4 is 16.8 Å². The number of aromatic nitrogens is 1. The number of nitrogens with one attached hydrogen (secondary N) is 1. The number of carbonyl (C=O) groups is 1. The molecule has 4 nitrogen and oxygen atoms in total. The van der Waals surface area contributed by atoms with Crippen molar-refractivity contribution in [1.29, 1.82) is 0 Å². The molecule has 24 heavy (non-hydrogen) atoms. The first-order valence-corrected chi connectivity index (χ1v) is 8.98. The van der Waals surface area contributed by atoms with E-state index in [4.69, 9.17) is 0 Å². The number of nitrogens with zero attached hydrogens (tertiary/aromatic N) is 1. The third kappa shape index (κ3) is 2.44. The molecular weight excluding hydrogens is 300 g/mol. The summed E-state index contributed by atoms with van der Waals surface area (Å²) >= 11 is 0. The van der Waals surface area contributed by atoms with Crippen LogP contribution in [0.5, 0.6) is 0 Å². The van der Waals surface area contributed by atoms with Gasteiger partial charge in [0.2, 0.25) is 0 Å². The molecule has 0 saturated heterocycles. The number of benzene rings is 1. The monoisotopic (exact) mass is 326 g/mol. The molecule has 2 aliphatic rings. The largest absolute Gasteiger partial charge is 0.393 e. The van der Waals surface area contributed by atoms with Crippen molar-refractivity contribution in [3.8, 4) is 0 Å². The average molecular weight is 326 g/mol. The van der Waals surface area contributed by atoms with E-state index >= 15 is 0 Å². The average Bonchev–Trinajstić information content (AvgIpc) is 3.18. The van der Waals surface area contributed by atoms with Gasteiger partial charge in [0.15, 0.2) is 0 Å². The minimum Gasteiger partial charge on any atom is -0.393 e. The molecule has 4 atom stereocenters. The molecule has 4 rings (SSSR count). The molecule has 1 aromatic heterocycles. The molecule has 0 bridgehead atoms. The Morgan fingerprint density at radius 2 is 1.83 bits per heavy atom. The van der Waals surface area contributed by atoms with Gasteiger partial charge in [-0.25, -0.2) is 0 Å². The van der Waals surface area contributed by atoms with E-state index in [0.29, 0.717) is 17.9 Å². The zero-order chi connectivity index (χ0) is 17.0. The summed E-state index contributed by atoms with van der Waals surface area (Å²) in [5, 5.41) is 10.9. The van der Waals surface area contributed by atoms with Crippen molar-refractivity contribution < 1.29 is 9.90 Å². The number of rotatable bonds is 2. The predicted octanol–water partition coefficient (Wildman–Crippen LogP) is 3.41. The van der Waals surface area contributed by atoms with E-state index in [-0.39, 0.29) is 12.0 Å². The summed E-state index contributed by atoms with van der Waals surface area (Å²) in [5.74, 6) is 1.30. The Morgan fingerprint density at radius 1 is 1.17 bits per heavy atom. The van der Waals surface area contributed by atoms with Crippen molar-refractivity contribution in [3.63, 3.8) is 0 Å². The first-order valence-electron chi connectivity index (χ1n) is 8.98. The maximum atomic E-state index is 12.9. The molecule has 1 heterocycles. The highest BCUT2D eigenvalue weighted by molar-refractivity contribution is 5.99. The quantitative estimate of drug-likeness (QED) is 0.888. The van der Waals surface area contributed by atoms with Gasteiger partial charge in [-0.2, -0.15) is 0 Å². The predicted molar refractivity (Wildman–Crippen MR) is 95.1 cm³/mol. The first-order chi connectivity index (χ1) is 11.4. The molecule has 0 aliphatic heterocycles. The molecule has 1 amide bonds. The third-order valence-corrected chi connectivity index (χ3v) is 6.39. The van der Waals surface area contributed by atoms with E-state index in [2.05, 4.69) is 18.8 Å². The van der Waals surface area contributed by atoms with Gasteiger partial charge in [0.1, 0.15) is 0 Å². The van der Waals surface area contributed by atoms with Gasteiger partial charge < -0.3 is 15.0 Å². The van der Waals surface area contributed by atoms with Crippen molar-refractivity contribution in [2.24, 2.45) is 11.8 Å². The summed E-state index contributed by atoms with van der Waals surface area (Å²) in [6, 6.07) is 6.27. The van der Waals surface area contributed by atoms with Crippen LogP contribution in [-0.4, -0.2) is 40.1 Å². The molecule has 1 aromatic carbocycles. The number of carbonyl (C=O) groups excluding carboxylic acids is 1. The Labute approximate surface area is 142 Å². The van der Waals surface area contributed by atoms with Crippen LogP contribution in [0.25, 0.3) is 10.9 Å². The normalized spacial score (nSPS) is 29.2. The van der Waals surface area contributed by atoms with E-state index in [1.54, 1.807) is 0 Å². The van der Waals surface area contributed by atoms with Crippen LogP contribution < -0.4 is 0 Å². The number of aliphatic hydroxyl groups excluding tert-OH is 1. The zero-order valence-corrected chi connectivity index (χ0v) is 14.7. The highest BCUT2D eigenvalue weighted by atomic mass is 16.3. The van der Waals surface area contributed by atoms with E-state index in [0.717, 1.165) is 47.8 Å². The summed E-state index contributed by atoms with van der Waals surface area (Å²) in [4.78, 5) is 18.2. The van der Waals surface area contributed by atoms with Crippen LogP contribution in [0, 0.1) is 25.7 Å². The lowest BCUT2D eigenvalue weighted by molar-refractivity contribution is 0.0722. The number of fused-ring (bicyclic) bond motifs is 2. The summed E-state index contributed by atoms with van der Waals surface area (Å²) in [6.45, 7) is 4.16. The van der Waals surface area contributed by atoms with Crippen LogP contribution in [0.15, 0.2) is 18.2 Å². The van der Waals surface area contributed by atoms with Gasteiger partial charge in [-0.1, -0.05) is 0 Å². The molecule has 2 aliphatic carbocycles. The maximum Gasteiger partial charge on any atom is 0.253 e. The van der Waals surface area contributed by atoms with Crippen molar-refractivity contribution in [3.05, 3.63) is 35.0 Å². The van der Waals surface area contributed by atoms with Crippen LogP contribution in [0.2, 0.25) is 0 Å². The SMILES string of the molecule is Cc1[nH]c2ccc(C(=O)N(C)C3C[C@H]4CC(O)C[C@H]4C3)cc2c1C. The number of H-pyrrole nitrogens is 1. The van der Waals surface area contributed by atoms with Crippen LogP contribution >= 0.6 is 0 Å². The number of aliphatic hydroxyl groups is 1. The lowest BCUT2D eigenvalue weighted by Crippen LogP contribution is -2.36. The standard InChI is InChI=1S/C20H26N2O2/c1-11-12(2)21-19-5-4-13(10-18(11)19)20(24)22(3)16-6-14-8-17(23)9-15(14)7-16/h4-5,10,14-17,21,23H,6-9H2,1-3H3/t14-,15+,16?,17?. The fourth-order valence-electron chi connectivity index (χ4n) is 4.83. The minimum absolute atomic E-state index is 0.112. The molecule has 4 heteroatoms. The number of hydrogen-bond acceptors (Lipinski definition) is 2. The number of amides is 1. The van der Waals surface area contributed by atoms with Gasteiger partial charge >= 0.3 is 0 Å². The molecule has 2 N–H and O–H groups in total. The topological polar surface area (TPSA) is 56.3 Å². The van der Waals surface area contributed by atoms with Crippen LogP contribution in [0.1, 0.15) is 47.3 Å². The minimum atomic E-state index is -0.121. The second kappa shape index (κ2) is 5.62. The summed E-state index contributed by atoms with van der Waals surface area (Å²) in [7, 11) is 1.93. The van der Waals surface area contributed by atoms with Gasteiger partial charge in [0.25, 0.3) is 5.91 Å². The maximum absolute atomic E-state index is 12.9. The van der Waals surface area contributed by atoms with E-state index < -0.39 is 0 Å². The van der Waals surface area contributed by atoms with E-state index in [9.17, 15) is 9.90 Å². The van der Waals surface area contributed by atoms with E-state index in [1.807, 2.05) is 30.1 Å². The lowest BCUT2D eigenvalue weighted by atomic mass is 10.0. The Kier molecular flexibility index (Phi) is 3.68. The van der Waals surface area contributed by atoms with Crippen LogP contribution in [-0.2, 0) is 0 Å². The van der Waals surface area contributed by atoms with E-state index in [1.165, 1.54) is 5.56 Å². The highest BCUT2D eigenvalue weighted by Crippen LogP contribution is 2.45. The second-order valence-corrected chi connectivity index (χ2v) is 7.82. The van der Waals surface area contributed by atoms with Crippen LogP contribution in [0.4, 0.5) is 0 Å². The lowest BCUT2D eigenvalue weighted by Gasteiger charge is -2.26. The molecule has 128 valence electrons.